The SMILES string of the molecule is [15NH2]c1cc[15n]([C@@H]2O[C@H](OP(=O)([O-])OP(=O)([O-])OP(=O)([O-])[O-])[C@H](O)[C@@H]2O)c(=O)[15n]1.[NH4+].[NH4+].[NH4+].[NH4+]. The van der Waals surface area contributed by atoms with E-state index in [9.17, 15) is 48.3 Å². The Morgan fingerprint density at radius 2 is 1.53 bits per heavy atom. The van der Waals surface area contributed by atoms with E-state index in [0.717, 1.165) is 12.3 Å². The molecule has 2 unspecified atom stereocenters. The largest absolute Gasteiger partial charge is 0.790 e. The van der Waals surface area contributed by atoms with Gasteiger partial charge in [0, 0.05) is 6.20 Å². The molecule has 0 spiro atoms. The lowest BCUT2D eigenvalue weighted by Crippen LogP contribution is -2.36. The topological polar surface area (TPSA) is 428 Å². The van der Waals surface area contributed by atoms with Crippen LogP contribution in [0.15, 0.2) is 17.1 Å². The van der Waals surface area contributed by atoms with Crippen molar-refractivity contribution in [2.45, 2.75) is 24.7 Å². The van der Waals surface area contributed by atoms with Crippen molar-refractivity contribution in [3.05, 3.63) is 22.7 Å². The van der Waals surface area contributed by atoms with Gasteiger partial charge < -0.3 is 69.4 Å². The Morgan fingerprint density at radius 3 is 2.00 bits per heavy atom. The molecule has 0 radical (unpaired) electrons. The number of rotatable bonds is 7. The van der Waals surface area contributed by atoms with Gasteiger partial charge in [-0.25, -0.2) is 9.11 Å². The van der Waals surface area contributed by atoms with Crippen molar-refractivity contribution < 1.29 is 61.4 Å². The molecule has 0 amide bonds. The third-order valence-corrected chi connectivity index (χ3v) is 6.62. The zero-order valence-electron chi connectivity index (χ0n) is 17.1. The lowest BCUT2D eigenvalue weighted by atomic mass is 10.2. The summed E-state index contributed by atoms with van der Waals surface area (Å²) in [5.41, 5.74) is 4.21. The van der Waals surface area contributed by atoms with E-state index < -0.39 is 53.9 Å². The van der Waals surface area contributed by atoms with Gasteiger partial charge in [-0.1, -0.05) is 0 Å². The Bertz CT molecular complexity index is 939. The maximum Gasteiger partial charge on any atom is 0.351 e. The van der Waals surface area contributed by atoms with Crippen LogP contribution in [0.4, 0.5) is 5.82 Å². The molecule has 0 aliphatic carbocycles. The van der Waals surface area contributed by atoms with Gasteiger partial charge >= 0.3 is 5.69 Å². The van der Waals surface area contributed by atoms with Gasteiger partial charge in [0.2, 0.25) is 0 Å². The van der Waals surface area contributed by atoms with Crippen molar-refractivity contribution in [2.24, 2.45) is 0 Å². The lowest BCUT2D eigenvalue weighted by Gasteiger charge is -2.38. The van der Waals surface area contributed by atoms with Gasteiger partial charge in [0.25, 0.3) is 15.6 Å². The third-order valence-electron chi connectivity index (χ3n) is 2.95. The molecule has 32 heavy (non-hydrogen) atoms. The molecule has 0 saturated carbocycles. The van der Waals surface area contributed by atoms with Crippen molar-refractivity contribution in [3.8, 4) is 0 Å². The zero-order valence-corrected chi connectivity index (χ0v) is 19.8. The average Bonchev–Trinajstić information content (AvgIpc) is 2.71. The van der Waals surface area contributed by atoms with Crippen LogP contribution in [0.3, 0.4) is 0 Å². The molecule has 20 N–H and O–H groups in total. The Kier molecular flexibility index (Phi) is 13.6. The van der Waals surface area contributed by atoms with Gasteiger partial charge in [-0.3, -0.25) is 22.5 Å². The highest BCUT2D eigenvalue weighted by atomic mass is 31.3. The number of anilines is 1. The first-order valence-corrected chi connectivity index (χ1v) is 11.1. The van der Waals surface area contributed by atoms with Crippen LogP contribution in [0.1, 0.15) is 6.23 Å². The van der Waals surface area contributed by atoms with Crippen LogP contribution in [-0.4, -0.2) is 38.3 Å². The van der Waals surface area contributed by atoms with Crippen LogP contribution in [0.5, 0.6) is 0 Å². The summed E-state index contributed by atoms with van der Waals surface area (Å²) in [5, 5.41) is 19.7. The molecule has 0 bridgehead atoms. The molecule has 1 aliphatic rings. The van der Waals surface area contributed by atoms with Gasteiger partial charge in [-0.15, -0.1) is 0 Å². The van der Waals surface area contributed by atoms with Gasteiger partial charge in [0.1, 0.15) is 18.0 Å². The summed E-state index contributed by atoms with van der Waals surface area (Å²) in [6, 6.07) is 1.11. The van der Waals surface area contributed by atoms with Gasteiger partial charge in [0.15, 0.2) is 12.5 Å². The minimum absolute atomic E-state index is 0. The third kappa shape index (κ3) is 9.35. The minimum atomic E-state index is -6.23. The number of nitrogens with zero attached hydrogens (tertiary/aromatic N) is 2. The highest BCUT2D eigenvalue weighted by Crippen LogP contribution is 2.61. The van der Waals surface area contributed by atoms with E-state index in [2.05, 4.69) is 18.1 Å². The molecular weight excluding hydrogens is 514 g/mol. The molecule has 24 heteroatoms. The van der Waals surface area contributed by atoms with Crippen molar-refractivity contribution >= 4 is 29.3 Å². The molecular formula is C8H26N7O14P3. The molecule has 0 aromatic carbocycles. The lowest BCUT2D eigenvalue weighted by molar-refractivity contribution is -0.339. The standard InChI is InChI=1S/C8H14N3O14P3.4H3N/c9-3-1-2-11(8(14)10-3)6-4(12)5(13)7(22-6)23-27(18,19)25-28(20,21)24-26(15,16)17;;;;/h1-2,4-7,12-13H,(H,18,19)(H,20,21)(H2,9,10,14)(H2,15,16,17);4*1H3/t4-,5+,6+,7+;;;;/m0..../s1/i9+1,10+1,11+1;;;;. The smallest absolute Gasteiger partial charge is 0.351 e. The number of nitrogens with two attached hydrogens (primary N) is 1. The number of quaternary nitrogens is 4. The van der Waals surface area contributed by atoms with E-state index in [1.807, 2.05) is 0 Å². The first-order chi connectivity index (χ1) is 12.6. The van der Waals surface area contributed by atoms with Gasteiger partial charge in [-0.2, -0.15) is 4.98 Å². The summed E-state index contributed by atoms with van der Waals surface area (Å²) in [4.78, 5) is 58.2. The first kappa shape index (κ1) is 35.4. The summed E-state index contributed by atoms with van der Waals surface area (Å²) in [7, 11) is -18.4. The van der Waals surface area contributed by atoms with E-state index in [1.165, 1.54) is 0 Å². The zero-order chi connectivity index (χ0) is 21.5. The first-order valence-electron chi connectivity index (χ1n) is 6.72. The van der Waals surface area contributed by atoms with E-state index in [1.54, 1.807) is 0 Å². The van der Waals surface area contributed by atoms with Crippen molar-refractivity contribution in [1.29, 1.82) is 0 Å². The molecule has 1 aromatic heterocycles. The summed E-state index contributed by atoms with van der Waals surface area (Å²) in [6.07, 6.45) is -7.18. The van der Waals surface area contributed by atoms with Crippen LogP contribution in [0.2, 0.25) is 0 Å². The van der Waals surface area contributed by atoms with Crippen LogP contribution in [0.25, 0.3) is 0 Å². The highest BCUT2D eigenvalue weighted by molar-refractivity contribution is 7.64. The second kappa shape index (κ2) is 12.3. The fourth-order valence-corrected chi connectivity index (χ4v) is 4.90. The molecule has 192 valence electrons. The Morgan fingerprint density at radius 1 is 1.00 bits per heavy atom. The number of aliphatic hydroxyl groups excluding tert-OH is 2. The number of phosphoric ester groups is 1. The molecule has 6 atom stereocenters. The number of hydrogen-bond donors (Lipinski definition) is 7. The van der Waals surface area contributed by atoms with Crippen LogP contribution >= 0.6 is 23.5 Å². The van der Waals surface area contributed by atoms with Gasteiger partial charge in [0.05, 0.1) is 7.82 Å². The van der Waals surface area contributed by atoms with Crippen LogP contribution in [0, 0.1) is 0 Å². The number of aromatic nitrogens is 2. The summed E-state index contributed by atoms with van der Waals surface area (Å²) >= 11 is 0. The molecule has 2 heterocycles. The van der Waals surface area contributed by atoms with Crippen LogP contribution < -0.4 is 55.6 Å². The Hall–Kier alpha value is -1.19. The van der Waals surface area contributed by atoms with Gasteiger partial charge in [-0.05, 0) is 6.07 Å². The highest BCUT2D eigenvalue weighted by Gasteiger charge is 2.46. The number of phosphoric acid groups is 3. The average molecular weight is 540 g/mol. The molecule has 21 nitrogen and oxygen atoms in total. The molecule has 1 aromatic rings. The van der Waals surface area contributed by atoms with Crippen LogP contribution in [-0.2, 0) is 31.6 Å². The fraction of sp³-hybridized carbons (Fsp3) is 0.500. The number of aliphatic hydroxyl groups is 2. The summed E-state index contributed by atoms with van der Waals surface area (Å²) in [5.74, 6) is -0.195. The number of nitrogen functional groups attached to an aromatic ring is 1. The van der Waals surface area contributed by atoms with Crippen molar-refractivity contribution in [1.82, 2.24) is 34.2 Å². The van der Waals surface area contributed by atoms with E-state index in [0.29, 0.717) is 4.57 Å². The normalized spacial score (nSPS) is 26.2. The molecule has 1 saturated heterocycles. The summed E-state index contributed by atoms with van der Waals surface area (Å²) < 4.78 is 48.7. The van der Waals surface area contributed by atoms with E-state index in [4.69, 9.17) is 10.5 Å². The minimum Gasteiger partial charge on any atom is -0.790 e. The quantitative estimate of drug-likeness (QED) is 0.132. The van der Waals surface area contributed by atoms with E-state index >= 15 is 0 Å². The number of hydrogen-bond acceptors (Lipinski definition) is 16. The fourth-order valence-electron chi connectivity index (χ4n) is 1.97. The molecule has 1 aliphatic heterocycles. The van der Waals surface area contributed by atoms with Crippen molar-refractivity contribution in [3.63, 3.8) is 0 Å². The predicted octanol–water partition coefficient (Wildman–Crippen LogP) is -3.28. The monoisotopic (exact) mass is 540 g/mol. The summed E-state index contributed by atoms with van der Waals surface area (Å²) in [6.45, 7) is 0. The second-order valence-electron chi connectivity index (χ2n) is 5.03. The Balaban J connectivity index is -0.00000210. The molecule has 2 rings (SSSR count). The second-order valence-corrected chi connectivity index (χ2v) is 9.23. The Labute approximate surface area is 178 Å². The van der Waals surface area contributed by atoms with E-state index in [-0.39, 0.29) is 30.4 Å². The maximum absolute atomic E-state index is 11.7. The maximum atomic E-state index is 11.7. The molecule has 1 fully saturated rings. The van der Waals surface area contributed by atoms with Crippen molar-refractivity contribution in [2.75, 3.05) is 5.73 Å². The predicted molar refractivity (Wildman–Crippen MR) is 98.8 cm³/mol. The number of ether oxygens (including phenoxy) is 1.